The van der Waals surface area contributed by atoms with Crippen molar-refractivity contribution in [3.05, 3.63) is 70.7 Å². The van der Waals surface area contributed by atoms with Crippen LogP contribution in [0, 0.1) is 5.82 Å². The van der Waals surface area contributed by atoms with Gasteiger partial charge in [0.2, 0.25) is 11.8 Å². The number of hydrogen-bond donors (Lipinski definition) is 5. The normalized spacial score (nSPS) is 15.0. The summed E-state index contributed by atoms with van der Waals surface area (Å²) in [5.41, 5.74) is 1.69. The number of rotatable bonds is 7. The Morgan fingerprint density at radius 3 is 2.62 bits per heavy atom. The molecule has 2 heterocycles. The van der Waals surface area contributed by atoms with Crippen molar-refractivity contribution in [2.75, 3.05) is 18.4 Å². The third-order valence-corrected chi connectivity index (χ3v) is 6.44. The molecule has 3 aromatic rings. The van der Waals surface area contributed by atoms with Gasteiger partial charge in [-0.1, -0.05) is 19.9 Å². The van der Waals surface area contributed by atoms with Crippen LogP contribution >= 0.6 is 0 Å². The smallest absolute Gasteiger partial charge is 0.386 e. The van der Waals surface area contributed by atoms with Crippen molar-refractivity contribution in [3.63, 3.8) is 0 Å². The summed E-state index contributed by atoms with van der Waals surface area (Å²) in [5.74, 6) is -1.52. The molecule has 6 N–H and O–H groups in total. The molecule has 2 aromatic carbocycles. The molecule has 0 spiro atoms. The summed E-state index contributed by atoms with van der Waals surface area (Å²) in [6.07, 6.45) is -3.47. The number of carbonyl (C=O) groups excluding carboxylic acids is 1. The molecule has 0 fully saturated rings. The molecule has 0 aliphatic carbocycles. The van der Waals surface area contributed by atoms with Gasteiger partial charge in [0.25, 0.3) is 5.91 Å². The van der Waals surface area contributed by atoms with E-state index < -0.39 is 30.0 Å². The summed E-state index contributed by atoms with van der Waals surface area (Å²) in [5, 5.41) is 20.0. The zero-order valence-electron chi connectivity index (χ0n) is 22.0. The molecule has 0 saturated heterocycles. The summed E-state index contributed by atoms with van der Waals surface area (Å²) < 4.78 is 52.5. The second kappa shape index (κ2) is 10.5. The molecule has 1 aliphatic rings. The van der Waals surface area contributed by atoms with Crippen LogP contribution in [-0.4, -0.2) is 40.2 Å². The van der Waals surface area contributed by atoms with Crippen LogP contribution in [0.4, 0.5) is 40.7 Å². The van der Waals surface area contributed by atoms with Gasteiger partial charge in [-0.25, -0.2) is 9.37 Å². The Kier molecular flexibility index (Phi) is 7.66. The van der Waals surface area contributed by atoms with Gasteiger partial charge in [0.1, 0.15) is 23.6 Å². The Balaban J connectivity index is 1.67. The molecule has 1 aromatic heterocycles. The molecule has 0 unspecified atom stereocenters. The van der Waals surface area contributed by atoms with Crippen molar-refractivity contribution >= 4 is 29.0 Å². The standard InChI is InChI=1S/C27H30F4N6O2/c1-25(2)13-32-11-15-9-16(5-7-19(15)25)36-24-33-12-18(23(38)34-14-27(29,30)31)22(37-24)35-17-6-8-21(28)20(10-17)26(3,4)39/h5-10,12,32,39H,11,13-14H2,1-4H3,(H,34,38)(H2,33,35,36,37)/p+1. The minimum absolute atomic E-state index is 0.0114. The van der Waals surface area contributed by atoms with Crippen molar-refractivity contribution in [1.29, 1.82) is 0 Å². The molecule has 0 atom stereocenters. The van der Waals surface area contributed by atoms with Gasteiger partial charge < -0.3 is 21.1 Å². The van der Waals surface area contributed by atoms with Crippen LogP contribution in [0.15, 0.2) is 42.6 Å². The first kappa shape index (κ1) is 28.4. The molecular weight excluding hydrogens is 516 g/mol. The lowest BCUT2D eigenvalue weighted by atomic mass is 9.79. The Labute approximate surface area is 223 Å². The number of quaternary nitrogens is 1. The van der Waals surface area contributed by atoms with Gasteiger partial charge in [0, 0.05) is 41.9 Å². The van der Waals surface area contributed by atoms with E-state index >= 15 is 0 Å². The summed E-state index contributed by atoms with van der Waals surface area (Å²) in [4.78, 5) is 21.2. The first-order valence-electron chi connectivity index (χ1n) is 12.3. The number of alkyl halides is 3. The third-order valence-electron chi connectivity index (χ3n) is 6.44. The van der Waals surface area contributed by atoms with E-state index in [1.807, 2.05) is 23.5 Å². The fraction of sp³-hybridized carbons (Fsp3) is 0.370. The van der Waals surface area contributed by atoms with E-state index in [0.717, 1.165) is 24.4 Å². The van der Waals surface area contributed by atoms with Crippen molar-refractivity contribution < 1.29 is 32.8 Å². The van der Waals surface area contributed by atoms with E-state index in [0.29, 0.717) is 17.9 Å². The zero-order valence-corrected chi connectivity index (χ0v) is 22.0. The molecule has 0 radical (unpaired) electrons. The van der Waals surface area contributed by atoms with Crippen molar-refractivity contribution in [2.24, 2.45) is 0 Å². The Morgan fingerprint density at radius 1 is 1.18 bits per heavy atom. The van der Waals surface area contributed by atoms with Crippen molar-refractivity contribution in [1.82, 2.24) is 20.6 Å². The number of aliphatic hydroxyl groups is 1. The lowest BCUT2D eigenvalue weighted by Crippen LogP contribution is -2.72. The minimum Gasteiger partial charge on any atom is -0.386 e. The molecular formula is C27H31F4N6O2+. The molecule has 1 amide bonds. The molecule has 0 saturated carbocycles. The number of benzene rings is 2. The highest BCUT2D eigenvalue weighted by molar-refractivity contribution is 5.97. The number of nitrogens with two attached hydrogens (primary N) is 1. The Bertz CT molecular complexity index is 1390. The summed E-state index contributed by atoms with van der Waals surface area (Å²) >= 11 is 0. The first-order chi connectivity index (χ1) is 18.1. The number of fused-ring (bicyclic) bond motifs is 1. The monoisotopic (exact) mass is 547 g/mol. The third kappa shape index (κ3) is 6.88. The van der Waals surface area contributed by atoms with Gasteiger partial charge >= 0.3 is 6.18 Å². The molecule has 1 aliphatic heterocycles. The highest BCUT2D eigenvalue weighted by Gasteiger charge is 2.30. The van der Waals surface area contributed by atoms with E-state index in [1.165, 1.54) is 36.9 Å². The fourth-order valence-corrected chi connectivity index (χ4v) is 4.49. The quantitative estimate of drug-likeness (QED) is 0.227. The van der Waals surface area contributed by atoms with Crippen LogP contribution in [0.5, 0.6) is 0 Å². The van der Waals surface area contributed by atoms with E-state index in [9.17, 15) is 27.5 Å². The lowest BCUT2D eigenvalue weighted by Gasteiger charge is -2.33. The van der Waals surface area contributed by atoms with Crippen LogP contribution in [0.3, 0.4) is 0 Å². The number of amides is 1. The lowest BCUT2D eigenvalue weighted by molar-refractivity contribution is -0.483. The van der Waals surface area contributed by atoms with Gasteiger partial charge in [-0.05, 0) is 43.2 Å². The highest BCUT2D eigenvalue weighted by Crippen LogP contribution is 2.32. The molecule has 12 heteroatoms. The van der Waals surface area contributed by atoms with Crippen LogP contribution in [0.2, 0.25) is 0 Å². The van der Waals surface area contributed by atoms with Crippen LogP contribution in [0.25, 0.3) is 0 Å². The van der Waals surface area contributed by atoms with Crippen molar-refractivity contribution in [2.45, 2.75) is 51.4 Å². The Morgan fingerprint density at radius 2 is 1.92 bits per heavy atom. The molecule has 8 nitrogen and oxygen atoms in total. The maximum atomic E-state index is 14.3. The number of anilines is 2. The fourth-order valence-electron chi connectivity index (χ4n) is 4.49. The molecule has 208 valence electrons. The number of halogens is 4. The van der Waals surface area contributed by atoms with Gasteiger partial charge in [0.15, 0.2) is 0 Å². The number of nitrogens with one attached hydrogen (secondary N) is 3. The van der Waals surface area contributed by atoms with Gasteiger partial charge in [-0.15, -0.1) is 0 Å². The first-order valence-corrected chi connectivity index (χ1v) is 12.3. The number of aromatic nitrogens is 2. The molecule has 39 heavy (non-hydrogen) atoms. The van der Waals surface area contributed by atoms with E-state index in [4.69, 9.17) is 0 Å². The predicted molar refractivity (Wildman–Crippen MR) is 138 cm³/mol. The van der Waals surface area contributed by atoms with Gasteiger partial charge in [-0.2, -0.15) is 18.2 Å². The number of nitrogens with zero attached hydrogens (tertiary/aromatic N) is 2. The van der Waals surface area contributed by atoms with Crippen LogP contribution in [-0.2, 0) is 17.6 Å². The molecule has 4 rings (SSSR count). The van der Waals surface area contributed by atoms with Gasteiger partial charge in [0.05, 0.1) is 11.8 Å². The number of hydrogen-bond acceptors (Lipinski definition) is 6. The van der Waals surface area contributed by atoms with E-state index in [2.05, 4.69) is 34.4 Å². The summed E-state index contributed by atoms with van der Waals surface area (Å²) in [6, 6.07) is 9.84. The topological polar surface area (TPSA) is 116 Å². The van der Waals surface area contributed by atoms with Crippen LogP contribution in [0.1, 0.15) is 54.7 Å². The van der Waals surface area contributed by atoms with E-state index in [1.54, 1.807) is 0 Å². The largest absolute Gasteiger partial charge is 0.405 e. The summed E-state index contributed by atoms with van der Waals surface area (Å²) in [6.45, 7) is 7.17. The summed E-state index contributed by atoms with van der Waals surface area (Å²) in [7, 11) is 0. The average Bonchev–Trinajstić information content (AvgIpc) is 2.82. The Hall–Kier alpha value is -3.61. The predicted octanol–water partition coefficient (Wildman–Crippen LogP) is 3.79. The second-order valence-corrected chi connectivity index (χ2v) is 10.7. The van der Waals surface area contributed by atoms with Crippen LogP contribution < -0.4 is 21.3 Å². The van der Waals surface area contributed by atoms with E-state index in [-0.39, 0.29) is 28.3 Å². The zero-order chi connectivity index (χ0) is 28.6. The number of carbonyl (C=O) groups is 1. The average molecular weight is 548 g/mol. The highest BCUT2D eigenvalue weighted by atomic mass is 19.4. The SMILES string of the molecule is CC(C)(O)c1cc([NH2+]c2nc(Nc3ccc4c(c3)CNCC4(C)C)ncc2C(=O)NCC(F)(F)F)ccc1F. The van der Waals surface area contributed by atoms with Gasteiger partial charge in [-0.3, -0.25) is 10.1 Å². The minimum atomic E-state index is -4.60. The maximum absolute atomic E-state index is 14.3. The van der Waals surface area contributed by atoms with Crippen molar-refractivity contribution in [3.8, 4) is 0 Å². The molecule has 0 bridgehead atoms. The second-order valence-electron chi connectivity index (χ2n) is 10.7. The maximum Gasteiger partial charge on any atom is 0.405 e.